The molecule has 1 aromatic rings. The molecule has 0 heterocycles. The van der Waals surface area contributed by atoms with E-state index in [1.165, 1.54) is 24.0 Å². The third-order valence-electron chi connectivity index (χ3n) is 2.97. The van der Waals surface area contributed by atoms with Crippen LogP contribution in [0.4, 0.5) is 0 Å². The molecule has 0 aliphatic heterocycles. The average molecular weight is 329 g/mol. The van der Waals surface area contributed by atoms with Crippen molar-refractivity contribution in [1.82, 2.24) is 0 Å². The van der Waals surface area contributed by atoms with E-state index in [4.69, 9.17) is 4.74 Å². The summed E-state index contributed by atoms with van der Waals surface area (Å²) in [6.45, 7) is 4.99. The van der Waals surface area contributed by atoms with Crippen LogP contribution >= 0.6 is 22.9 Å². The van der Waals surface area contributed by atoms with Crippen LogP contribution < -0.4 is 4.74 Å². The van der Waals surface area contributed by atoms with Gasteiger partial charge in [0.2, 0.25) is 0 Å². The Morgan fingerprint density at radius 1 is 1.50 bits per heavy atom. The van der Waals surface area contributed by atoms with Gasteiger partial charge >= 0.3 is 0 Å². The molecular formula is C13H16INO. The minimum absolute atomic E-state index is 0.794. The molecule has 1 aromatic carbocycles. The summed E-state index contributed by atoms with van der Waals surface area (Å²) in [6.07, 6.45) is 2.65. The van der Waals surface area contributed by atoms with E-state index in [1.54, 1.807) is 0 Å². The molecule has 0 aromatic heterocycles. The highest BCUT2D eigenvalue weighted by Gasteiger charge is 2.22. The lowest BCUT2D eigenvalue weighted by atomic mass is 10.0. The van der Waals surface area contributed by atoms with E-state index in [0.29, 0.717) is 0 Å². The summed E-state index contributed by atoms with van der Waals surface area (Å²) in [5.41, 5.74) is 3.43. The highest BCUT2D eigenvalue weighted by molar-refractivity contribution is 14.1. The summed E-state index contributed by atoms with van der Waals surface area (Å²) >= 11 is 2.03. The monoisotopic (exact) mass is 329 g/mol. The Kier molecular flexibility index (Phi) is 3.84. The van der Waals surface area contributed by atoms with Gasteiger partial charge in [0, 0.05) is 11.1 Å². The largest absolute Gasteiger partial charge is 0.493 e. The SMILES string of the molecule is C/C(=N\I)c1cccc(OCC2CC2)c1C. The summed E-state index contributed by atoms with van der Waals surface area (Å²) in [4.78, 5) is 0. The molecule has 86 valence electrons. The van der Waals surface area contributed by atoms with Crippen LogP contribution in [0.2, 0.25) is 0 Å². The molecule has 2 nitrogen and oxygen atoms in total. The predicted molar refractivity (Wildman–Crippen MR) is 75.6 cm³/mol. The Bertz CT molecular complexity index is 410. The van der Waals surface area contributed by atoms with Crippen molar-refractivity contribution in [1.29, 1.82) is 0 Å². The molecule has 2 rings (SSSR count). The molecule has 0 N–H and O–H groups in total. The number of hydrogen-bond acceptors (Lipinski definition) is 2. The van der Waals surface area contributed by atoms with Crippen molar-refractivity contribution in [3.8, 4) is 5.75 Å². The fraction of sp³-hybridized carbons (Fsp3) is 0.462. The molecule has 0 radical (unpaired) electrons. The van der Waals surface area contributed by atoms with Crippen LogP contribution in [0.5, 0.6) is 5.75 Å². The molecule has 0 amide bonds. The number of rotatable bonds is 4. The smallest absolute Gasteiger partial charge is 0.122 e. The van der Waals surface area contributed by atoms with Gasteiger partial charge in [-0.3, -0.25) is 0 Å². The maximum Gasteiger partial charge on any atom is 0.122 e. The van der Waals surface area contributed by atoms with E-state index in [9.17, 15) is 0 Å². The van der Waals surface area contributed by atoms with Gasteiger partial charge in [-0.05, 0) is 38.7 Å². The first-order valence-electron chi connectivity index (χ1n) is 5.60. The molecule has 3 heteroatoms. The second-order valence-corrected chi connectivity index (χ2v) is 4.84. The molecule has 1 saturated carbocycles. The molecule has 0 spiro atoms. The van der Waals surface area contributed by atoms with E-state index >= 15 is 0 Å². The lowest BCUT2D eigenvalue weighted by molar-refractivity contribution is 0.298. The van der Waals surface area contributed by atoms with Crippen LogP contribution in [-0.4, -0.2) is 12.3 Å². The van der Waals surface area contributed by atoms with Gasteiger partial charge in [-0.2, -0.15) is 0 Å². The number of nitrogens with zero attached hydrogens (tertiary/aromatic N) is 1. The van der Waals surface area contributed by atoms with E-state index in [1.807, 2.05) is 41.9 Å². The predicted octanol–water partition coefficient (Wildman–Crippen LogP) is 3.94. The Hall–Kier alpha value is -0.580. The van der Waals surface area contributed by atoms with Crippen molar-refractivity contribution in [3.63, 3.8) is 0 Å². The summed E-state index contributed by atoms with van der Waals surface area (Å²) in [5.74, 6) is 1.80. The van der Waals surface area contributed by atoms with E-state index in [0.717, 1.165) is 24.0 Å². The Balaban J connectivity index is 2.17. The summed E-state index contributed by atoms with van der Waals surface area (Å²) in [6, 6.07) is 6.17. The highest BCUT2D eigenvalue weighted by Crippen LogP contribution is 2.31. The van der Waals surface area contributed by atoms with Crippen molar-refractivity contribution < 1.29 is 4.74 Å². The first-order valence-corrected chi connectivity index (χ1v) is 6.57. The van der Waals surface area contributed by atoms with E-state index in [-0.39, 0.29) is 0 Å². The van der Waals surface area contributed by atoms with Gasteiger partial charge in [-0.15, -0.1) is 0 Å². The zero-order valence-electron chi connectivity index (χ0n) is 9.66. The molecule has 16 heavy (non-hydrogen) atoms. The number of ether oxygens (including phenoxy) is 1. The van der Waals surface area contributed by atoms with Gasteiger partial charge in [-0.1, -0.05) is 12.1 Å². The van der Waals surface area contributed by atoms with Crippen LogP contribution in [0.1, 0.15) is 30.9 Å². The highest BCUT2D eigenvalue weighted by atomic mass is 127. The fourth-order valence-corrected chi connectivity index (χ4v) is 1.96. The third-order valence-corrected chi connectivity index (χ3v) is 3.70. The van der Waals surface area contributed by atoms with Crippen molar-refractivity contribution in [3.05, 3.63) is 29.3 Å². The first kappa shape index (κ1) is 11.9. The zero-order chi connectivity index (χ0) is 11.5. The lowest BCUT2D eigenvalue weighted by Gasteiger charge is -2.11. The van der Waals surface area contributed by atoms with Gasteiger partial charge in [0.15, 0.2) is 0 Å². The van der Waals surface area contributed by atoms with Crippen LogP contribution in [0.25, 0.3) is 0 Å². The summed E-state index contributed by atoms with van der Waals surface area (Å²) in [7, 11) is 0. The minimum atomic E-state index is 0.794. The number of halogens is 1. The van der Waals surface area contributed by atoms with E-state index < -0.39 is 0 Å². The van der Waals surface area contributed by atoms with Gasteiger partial charge in [-0.25, -0.2) is 3.21 Å². The Labute approximate surface area is 111 Å². The van der Waals surface area contributed by atoms with Crippen molar-refractivity contribution in [2.45, 2.75) is 26.7 Å². The normalized spacial score (nSPS) is 16.3. The molecule has 0 bridgehead atoms. The first-order chi connectivity index (χ1) is 7.72. The standard InChI is InChI=1S/C13H16INO/c1-9-12(10(2)15-14)4-3-5-13(9)16-8-11-6-7-11/h3-5,11H,6-8H2,1-2H3/b15-10+. The molecule has 0 unspecified atom stereocenters. The quantitative estimate of drug-likeness (QED) is 0.606. The van der Waals surface area contributed by atoms with Gasteiger partial charge in [0.25, 0.3) is 0 Å². The van der Waals surface area contributed by atoms with Crippen LogP contribution in [0.3, 0.4) is 0 Å². The number of benzene rings is 1. The van der Waals surface area contributed by atoms with Crippen molar-refractivity contribution in [2.24, 2.45) is 9.12 Å². The molecule has 1 fully saturated rings. The number of hydrogen-bond donors (Lipinski definition) is 0. The second-order valence-electron chi connectivity index (χ2n) is 4.35. The maximum absolute atomic E-state index is 5.84. The van der Waals surface area contributed by atoms with Crippen LogP contribution in [0, 0.1) is 12.8 Å². The van der Waals surface area contributed by atoms with Crippen molar-refractivity contribution >= 4 is 28.6 Å². The molecule has 1 aliphatic rings. The second kappa shape index (κ2) is 5.17. The lowest BCUT2D eigenvalue weighted by Crippen LogP contribution is -2.04. The average Bonchev–Trinajstić information content (AvgIpc) is 3.10. The van der Waals surface area contributed by atoms with Crippen LogP contribution in [-0.2, 0) is 0 Å². The molecular weight excluding hydrogens is 313 g/mol. The van der Waals surface area contributed by atoms with Crippen molar-refractivity contribution in [2.75, 3.05) is 6.61 Å². The molecule has 0 atom stereocenters. The maximum atomic E-state index is 5.84. The van der Waals surface area contributed by atoms with Crippen LogP contribution in [0.15, 0.2) is 21.4 Å². The summed E-state index contributed by atoms with van der Waals surface area (Å²) < 4.78 is 10.0. The van der Waals surface area contributed by atoms with Gasteiger partial charge < -0.3 is 4.74 Å². The van der Waals surface area contributed by atoms with Gasteiger partial charge in [0.05, 0.1) is 35.2 Å². The molecule has 0 saturated heterocycles. The third kappa shape index (κ3) is 2.75. The zero-order valence-corrected chi connectivity index (χ0v) is 11.8. The molecule has 1 aliphatic carbocycles. The minimum Gasteiger partial charge on any atom is -0.493 e. The summed E-state index contributed by atoms with van der Waals surface area (Å²) in [5, 5.41) is 0. The van der Waals surface area contributed by atoms with E-state index in [2.05, 4.69) is 16.2 Å². The Morgan fingerprint density at radius 3 is 2.88 bits per heavy atom. The van der Waals surface area contributed by atoms with Gasteiger partial charge in [0.1, 0.15) is 5.75 Å². The Morgan fingerprint density at radius 2 is 2.25 bits per heavy atom. The topological polar surface area (TPSA) is 21.6 Å². The fourth-order valence-electron chi connectivity index (χ4n) is 1.70.